The lowest BCUT2D eigenvalue weighted by atomic mass is 9.87. The van der Waals surface area contributed by atoms with Crippen LogP contribution in [0.15, 0.2) is 0 Å². The van der Waals surface area contributed by atoms with Gasteiger partial charge in [0.1, 0.15) is 0 Å². The average molecular weight is 252 g/mol. The summed E-state index contributed by atoms with van der Waals surface area (Å²) in [5, 5.41) is 0. The smallest absolute Gasteiger partial charge is 0.0357 e. The molecule has 1 aliphatic heterocycles. The standard InChI is InChI=1S/C16H32N2/c1-3-6-14-7-5-11-18(12-10-14)16(4-2,13-17)15-8-9-15/h14-15H,3-13,17H2,1-2H3. The van der Waals surface area contributed by atoms with E-state index in [9.17, 15) is 0 Å². The summed E-state index contributed by atoms with van der Waals surface area (Å²) >= 11 is 0. The molecule has 1 heterocycles. The Kier molecular flexibility index (Phi) is 5.08. The fraction of sp³-hybridized carbons (Fsp3) is 1.00. The molecule has 1 aliphatic carbocycles. The molecule has 2 aliphatic rings. The van der Waals surface area contributed by atoms with E-state index in [1.807, 2.05) is 0 Å². The van der Waals surface area contributed by atoms with E-state index in [1.165, 1.54) is 64.5 Å². The number of rotatable bonds is 6. The van der Waals surface area contributed by atoms with Gasteiger partial charge < -0.3 is 5.73 Å². The minimum atomic E-state index is 0.348. The van der Waals surface area contributed by atoms with Gasteiger partial charge in [0.15, 0.2) is 0 Å². The molecule has 0 bridgehead atoms. The first-order chi connectivity index (χ1) is 8.76. The van der Waals surface area contributed by atoms with Gasteiger partial charge in [-0.1, -0.05) is 26.7 Å². The lowest BCUT2D eigenvalue weighted by molar-refractivity contribution is 0.0705. The third-order valence-corrected chi connectivity index (χ3v) is 5.48. The third-order valence-electron chi connectivity index (χ3n) is 5.48. The molecule has 1 saturated heterocycles. The second-order valence-corrected chi connectivity index (χ2v) is 6.51. The van der Waals surface area contributed by atoms with E-state index in [4.69, 9.17) is 5.73 Å². The zero-order chi connectivity index (χ0) is 13.0. The van der Waals surface area contributed by atoms with Crippen LogP contribution >= 0.6 is 0 Å². The number of likely N-dealkylation sites (tertiary alicyclic amines) is 1. The highest BCUT2D eigenvalue weighted by molar-refractivity contribution is 5.03. The molecular formula is C16H32N2. The highest BCUT2D eigenvalue weighted by Crippen LogP contribution is 2.45. The summed E-state index contributed by atoms with van der Waals surface area (Å²) in [6.45, 7) is 8.13. The fourth-order valence-electron chi connectivity index (χ4n) is 4.14. The molecule has 2 atom stereocenters. The van der Waals surface area contributed by atoms with Gasteiger partial charge in [-0.2, -0.15) is 0 Å². The summed E-state index contributed by atoms with van der Waals surface area (Å²) in [6, 6.07) is 0. The Morgan fingerprint density at radius 2 is 1.89 bits per heavy atom. The van der Waals surface area contributed by atoms with Crippen LogP contribution in [0.5, 0.6) is 0 Å². The minimum Gasteiger partial charge on any atom is -0.329 e. The molecule has 0 amide bonds. The highest BCUT2D eigenvalue weighted by atomic mass is 15.2. The van der Waals surface area contributed by atoms with Gasteiger partial charge in [-0.25, -0.2) is 0 Å². The second kappa shape index (κ2) is 6.38. The summed E-state index contributed by atoms with van der Waals surface area (Å²) in [7, 11) is 0. The fourth-order valence-corrected chi connectivity index (χ4v) is 4.14. The second-order valence-electron chi connectivity index (χ2n) is 6.51. The number of hydrogen-bond acceptors (Lipinski definition) is 2. The predicted molar refractivity (Wildman–Crippen MR) is 78.6 cm³/mol. The summed E-state index contributed by atoms with van der Waals surface area (Å²) in [4.78, 5) is 2.78. The van der Waals surface area contributed by atoms with E-state index in [2.05, 4.69) is 18.7 Å². The van der Waals surface area contributed by atoms with Gasteiger partial charge in [-0.05, 0) is 63.5 Å². The van der Waals surface area contributed by atoms with Crippen LogP contribution in [0.25, 0.3) is 0 Å². The molecule has 0 radical (unpaired) electrons. The van der Waals surface area contributed by atoms with Gasteiger partial charge in [0, 0.05) is 12.1 Å². The minimum absolute atomic E-state index is 0.348. The van der Waals surface area contributed by atoms with E-state index >= 15 is 0 Å². The van der Waals surface area contributed by atoms with Crippen molar-refractivity contribution in [1.82, 2.24) is 4.90 Å². The Balaban J connectivity index is 1.98. The van der Waals surface area contributed by atoms with Crippen LogP contribution in [-0.2, 0) is 0 Å². The monoisotopic (exact) mass is 252 g/mol. The van der Waals surface area contributed by atoms with E-state index in [1.54, 1.807) is 0 Å². The molecule has 0 aromatic rings. The van der Waals surface area contributed by atoms with Crippen molar-refractivity contribution in [2.45, 2.75) is 70.8 Å². The molecule has 2 heteroatoms. The van der Waals surface area contributed by atoms with Crippen LogP contribution in [0.1, 0.15) is 65.2 Å². The van der Waals surface area contributed by atoms with E-state index < -0.39 is 0 Å². The maximum Gasteiger partial charge on any atom is 0.0357 e. The average Bonchev–Trinajstić information content (AvgIpc) is 3.21. The Bertz CT molecular complexity index is 243. The molecule has 0 aromatic heterocycles. The SMILES string of the molecule is CCCC1CCCN(C(CC)(CN)C2CC2)CC1. The normalized spacial score (nSPS) is 29.8. The maximum absolute atomic E-state index is 6.19. The van der Waals surface area contributed by atoms with Gasteiger partial charge in [0.25, 0.3) is 0 Å². The van der Waals surface area contributed by atoms with Crippen LogP contribution < -0.4 is 5.73 Å². The summed E-state index contributed by atoms with van der Waals surface area (Å²) in [5.74, 6) is 1.88. The molecule has 2 N–H and O–H groups in total. The molecule has 1 saturated carbocycles. The van der Waals surface area contributed by atoms with Crippen LogP contribution in [-0.4, -0.2) is 30.1 Å². The van der Waals surface area contributed by atoms with Crippen LogP contribution in [0.4, 0.5) is 0 Å². The van der Waals surface area contributed by atoms with Crippen molar-refractivity contribution < 1.29 is 0 Å². The summed E-state index contributed by atoms with van der Waals surface area (Å²) in [5.41, 5.74) is 6.54. The van der Waals surface area contributed by atoms with Crippen LogP contribution in [0.3, 0.4) is 0 Å². The van der Waals surface area contributed by atoms with E-state index in [0.29, 0.717) is 5.54 Å². The summed E-state index contributed by atoms with van der Waals surface area (Å²) in [6.07, 6.45) is 11.1. The van der Waals surface area contributed by atoms with Gasteiger partial charge in [0.2, 0.25) is 0 Å². The zero-order valence-corrected chi connectivity index (χ0v) is 12.5. The molecule has 2 nitrogen and oxygen atoms in total. The highest BCUT2D eigenvalue weighted by Gasteiger charge is 2.46. The molecule has 106 valence electrons. The predicted octanol–water partition coefficient (Wildman–Crippen LogP) is 3.41. The molecule has 0 aromatic carbocycles. The van der Waals surface area contributed by atoms with Crippen molar-refractivity contribution in [3.05, 3.63) is 0 Å². The maximum atomic E-state index is 6.19. The number of nitrogens with two attached hydrogens (primary N) is 1. The molecule has 0 spiro atoms. The van der Waals surface area contributed by atoms with Gasteiger partial charge in [-0.3, -0.25) is 4.90 Å². The van der Waals surface area contributed by atoms with E-state index in [0.717, 1.165) is 18.4 Å². The topological polar surface area (TPSA) is 29.3 Å². The quantitative estimate of drug-likeness (QED) is 0.785. The van der Waals surface area contributed by atoms with Crippen molar-refractivity contribution in [3.8, 4) is 0 Å². The largest absolute Gasteiger partial charge is 0.329 e. The Morgan fingerprint density at radius 3 is 2.44 bits per heavy atom. The Labute approximate surface area is 113 Å². The first-order valence-corrected chi connectivity index (χ1v) is 8.22. The lowest BCUT2D eigenvalue weighted by Crippen LogP contribution is -2.55. The zero-order valence-electron chi connectivity index (χ0n) is 12.5. The lowest BCUT2D eigenvalue weighted by Gasteiger charge is -2.43. The summed E-state index contributed by atoms with van der Waals surface area (Å²) < 4.78 is 0. The third kappa shape index (κ3) is 2.91. The number of hydrogen-bond donors (Lipinski definition) is 1. The van der Waals surface area contributed by atoms with E-state index in [-0.39, 0.29) is 0 Å². The molecule has 2 rings (SSSR count). The molecule has 18 heavy (non-hydrogen) atoms. The Hall–Kier alpha value is -0.0800. The van der Waals surface area contributed by atoms with Gasteiger partial charge in [0.05, 0.1) is 0 Å². The Morgan fingerprint density at radius 1 is 1.11 bits per heavy atom. The van der Waals surface area contributed by atoms with Crippen molar-refractivity contribution >= 4 is 0 Å². The van der Waals surface area contributed by atoms with Crippen molar-refractivity contribution in [1.29, 1.82) is 0 Å². The molecule has 2 fully saturated rings. The van der Waals surface area contributed by atoms with Crippen molar-refractivity contribution in [2.24, 2.45) is 17.6 Å². The van der Waals surface area contributed by atoms with Gasteiger partial charge in [-0.15, -0.1) is 0 Å². The first kappa shape index (κ1) is 14.3. The first-order valence-electron chi connectivity index (χ1n) is 8.22. The number of nitrogens with zero attached hydrogens (tertiary/aromatic N) is 1. The molecule has 2 unspecified atom stereocenters. The van der Waals surface area contributed by atoms with Crippen molar-refractivity contribution in [3.63, 3.8) is 0 Å². The molecular weight excluding hydrogens is 220 g/mol. The van der Waals surface area contributed by atoms with Crippen LogP contribution in [0, 0.1) is 11.8 Å². The van der Waals surface area contributed by atoms with Gasteiger partial charge >= 0.3 is 0 Å². The van der Waals surface area contributed by atoms with Crippen molar-refractivity contribution in [2.75, 3.05) is 19.6 Å². The van der Waals surface area contributed by atoms with Crippen LogP contribution in [0.2, 0.25) is 0 Å².